The summed E-state index contributed by atoms with van der Waals surface area (Å²) in [6.07, 6.45) is 3.31. The topological polar surface area (TPSA) is 75.4 Å². The minimum absolute atomic E-state index is 0.129. The Labute approximate surface area is 125 Å². The number of rotatable bonds is 6. The Bertz CT molecular complexity index is 496. The molecule has 1 saturated heterocycles. The van der Waals surface area contributed by atoms with Crippen LogP contribution in [0.4, 0.5) is 0 Å². The number of hydrogen-bond acceptors (Lipinski definition) is 3. The van der Waals surface area contributed by atoms with Crippen molar-refractivity contribution in [1.29, 1.82) is 0 Å². The van der Waals surface area contributed by atoms with Gasteiger partial charge in [-0.3, -0.25) is 9.59 Å². The number of carbonyl (C=O) groups excluding carboxylic acids is 2. The Morgan fingerprint density at radius 3 is 2.71 bits per heavy atom. The molecule has 114 valence electrons. The van der Waals surface area contributed by atoms with E-state index in [0.29, 0.717) is 25.1 Å². The van der Waals surface area contributed by atoms with E-state index in [9.17, 15) is 9.59 Å². The van der Waals surface area contributed by atoms with E-state index >= 15 is 0 Å². The summed E-state index contributed by atoms with van der Waals surface area (Å²) >= 11 is 0. The van der Waals surface area contributed by atoms with E-state index in [0.717, 1.165) is 37.9 Å². The third-order valence-electron chi connectivity index (χ3n) is 3.71. The molecule has 1 aliphatic heterocycles. The molecule has 0 aliphatic carbocycles. The number of benzene rings is 1. The minimum Gasteiger partial charge on any atom is -0.352 e. The SMILES string of the molecule is NCCc1cccc(C(=O)NCCC(=O)N2CCCC2)c1. The predicted molar refractivity (Wildman–Crippen MR) is 82.0 cm³/mol. The van der Waals surface area contributed by atoms with Gasteiger partial charge in [-0.2, -0.15) is 0 Å². The average molecular weight is 289 g/mol. The first-order chi connectivity index (χ1) is 10.2. The molecule has 1 fully saturated rings. The molecule has 1 aromatic rings. The molecule has 21 heavy (non-hydrogen) atoms. The monoisotopic (exact) mass is 289 g/mol. The van der Waals surface area contributed by atoms with E-state index in [1.807, 2.05) is 23.1 Å². The minimum atomic E-state index is -0.136. The molecule has 2 amide bonds. The predicted octanol–water partition coefficient (Wildman–Crippen LogP) is 0.930. The van der Waals surface area contributed by atoms with Gasteiger partial charge < -0.3 is 16.0 Å². The van der Waals surface area contributed by atoms with Crippen LogP contribution in [-0.2, 0) is 11.2 Å². The van der Waals surface area contributed by atoms with Crippen LogP contribution in [0.3, 0.4) is 0 Å². The van der Waals surface area contributed by atoms with Gasteiger partial charge in [0.05, 0.1) is 0 Å². The van der Waals surface area contributed by atoms with Crippen LogP contribution in [0.1, 0.15) is 35.2 Å². The van der Waals surface area contributed by atoms with Crippen molar-refractivity contribution in [3.8, 4) is 0 Å². The molecule has 0 aromatic heterocycles. The maximum atomic E-state index is 12.0. The van der Waals surface area contributed by atoms with E-state index in [2.05, 4.69) is 5.32 Å². The van der Waals surface area contributed by atoms with Crippen molar-refractivity contribution < 1.29 is 9.59 Å². The molecule has 0 radical (unpaired) electrons. The van der Waals surface area contributed by atoms with Gasteiger partial charge in [-0.25, -0.2) is 0 Å². The van der Waals surface area contributed by atoms with Crippen LogP contribution in [0.15, 0.2) is 24.3 Å². The number of hydrogen-bond donors (Lipinski definition) is 2. The zero-order valence-electron chi connectivity index (χ0n) is 12.3. The lowest BCUT2D eigenvalue weighted by Crippen LogP contribution is -2.32. The lowest BCUT2D eigenvalue weighted by Gasteiger charge is -2.15. The molecule has 3 N–H and O–H groups in total. The second-order valence-electron chi connectivity index (χ2n) is 5.33. The third kappa shape index (κ3) is 4.56. The number of nitrogens with one attached hydrogen (secondary N) is 1. The average Bonchev–Trinajstić information content (AvgIpc) is 3.02. The summed E-state index contributed by atoms with van der Waals surface area (Å²) < 4.78 is 0. The summed E-state index contributed by atoms with van der Waals surface area (Å²) in [6, 6.07) is 7.44. The first-order valence-corrected chi connectivity index (χ1v) is 7.55. The van der Waals surface area contributed by atoms with E-state index in [1.54, 1.807) is 6.07 Å². The zero-order chi connectivity index (χ0) is 15.1. The van der Waals surface area contributed by atoms with Gasteiger partial charge >= 0.3 is 0 Å². The lowest BCUT2D eigenvalue weighted by atomic mass is 10.1. The first kappa shape index (κ1) is 15.5. The fourth-order valence-corrected chi connectivity index (χ4v) is 2.54. The molecule has 0 spiro atoms. The molecule has 0 bridgehead atoms. The van der Waals surface area contributed by atoms with E-state index < -0.39 is 0 Å². The van der Waals surface area contributed by atoms with Crippen LogP contribution in [0.5, 0.6) is 0 Å². The fourth-order valence-electron chi connectivity index (χ4n) is 2.54. The molecular formula is C16H23N3O2. The fraction of sp³-hybridized carbons (Fsp3) is 0.500. The van der Waals surface area contributed by atoms with Gasteiger partial charge in [-0.05, 0) is 43.5 Å². The summed E-state index contributed by atoms with van der Waals surface area (Å²) in [5, 5.41) is 2.80. The van der Waals surface area contributed by atoms with E-state index in [-0.39, 0.29) is 11.8 Å². The van der Waals surface area contributed by atoms with Crippen LogP contribution < -0.4 is 11.1 Å². The summed E-state index contributed by atoms with van der Waals surface area (Å²) in [4.78, 5) is 25.8. The second-order valence-corrected chi connectivity index (χ2v) is 5.33. The van der Waals surface area contributed by atoms with E-state index in [4.69, 9.17) is 5.73 Å². The molecule has 0 saturated carbocycles. The van der Waals surface area contributed by atoms with Crippen molar-refractivity contribution in [2.75, 3.05) is 26.2 Å². The highest BCUT2D eigenvalue weighted by molar-refractivity contribution is 5.94. The van der Waals surface area contributed by atoms with Crippen molar-refractivity contribution in [2.45, 2.75) is 25.7 Å². The summed E-state index contributed by atoms with van der Waals surface area (Å²) in [5.41, 5.74) is 7.19. The van der Waals surface area contributed by atoms with Crippen LogP contribution in [0.25, 0.3) is 0 Å². The summed E-state index contributed by atoms with van der Waals surface area (Å²) in [6.45, 7) is 2.66. The Hall–Kier alpha value is -1.88. The molecule has 0 unspecified atom stereocenters. The highest BCUT2D eigenvalue weighted by atomic mass is 16.2. The largest absolute Gasteiger partial charge is 0.352 e. The summed E-state index contributed by atoms with van der Waals surface area (Å²) in [5.74, 6) is -0.00669. The normalized spacial score (nSPS) is 14.2. The Morgan fingerprint density at radius 1 is 1.24 bits per heavy atom. The van der Waals surface area contributed by atoms with Crippen molar-refractivity contribution >= 4 is 11.8 Å². The van der Waals surface area contributed by atoms with Gasteiger partial charge in [-0.15, -0.1) is 0 Å². The van der Waals surface area contributed by atoms with E-state index in [1.165, 1.54) is 0 Å². The van der Waals surface area contributed by atoms with Crippen LogP contribution >= 0.6 is 0 Å². The van der Waals surface area contributed by atoms with Crippen molar-refractivity contribution in [3.63, 3.8) is 0 Å². The lowest BCUT2D eigenvalue weighted by molar-refractivity contribution is -0.129. The molecule has 5 heteroatoms. The molecule has 1 aliphatic rings. The van der Waals surface area contributed by atoms with Gasteiger partial charge in [0.2, 0.25) is 5.91 Å². The summed E-state index contributed by atoms with van der Waals surface area (Å²) in [7, 11) is 0. The smallest absolute Gasteiger partial charge is 0.251 e. The van der Waals surface area contributed by atoms with Crippen LogP contribution in [0, 0.1) is 0 Å². The highest BCUT2D eigenvalue weighted by Gasteiger charge is 2.17. The van der Waals surface area contributed by atoms with Crippen LogP contribution in [0.2, 0.25) is 0 Å². The maximum Gasteiger partial charge on any atom is 0.251 e. The number of likely N-dealkylation sites (tertiary alicyclic amines) is 1. The second kappa shape index (κ2) is 7.78. The highest BCUT2D eigenvalue weighted by Crippen LogP contribution is 2.09. The number of carbonyl (C=O) groups is 2. The van der Waals surface area contributed by atoms with Gasteiger partial charge in [0, 0.05) is 31.6 Å². The molecular weight excluding hydrogens is 266 g/mol. The van der Waals surface area contributed by atoms with Crippen molar-refractivity contribution in [2.24, 2.45) is 5.73 Å². The Kier molecular flexibility index (Phi) is 5.75. The zero-order valence-corrected chi connectivity index (χ0v) is 12.3. The van der Waals surface area contributed by atoms with Crippen molar-refractivity contribution in [1.82, 2.24) is 10.2 Å². The van der Waals surface area contributed by atoms with Gasteiger partial charge in [0.25, 0.3) is 5.91 Å². The molecule has 1 aromatic carbocycles. The van der Waals surface area contributed by atoms with Crippen molar-refractivity contribution in [3.05, 3.63) is 35.4 Å². The number of nitrogens with zero attached hydrogens (tertiary/aromatic N) is 1. The Balaban J connectivity index is 1.78. The molecule has 0 atom stereocenters. The first-order valence-electron chi connectivity index (χ1n) is 7.55. The standard InChI is InChI=1S/C16H23N3O2/c17-8-6-13-4-3-5-14(12-13)16(21)18-9-7-15(20)19-10-1-2-11-19/h3-5,12H,1-2,6-11,17H2,(H,18,21). The van der Waals surface area contributed by atoms with Gasteiger partial charge in [0.1, 0.15) is 0 Å². The number of nitrogens with two attached hydrogens (primary N) is 1. The molecule has 5 nitrogen and oxygen atoms in total. The third-order valence-corrected chi connectivity index (χ3v) is 3.71. The van der Waals surface area contributed by atoms with Crippen LogP contribution in [-0.4, -0.2) is 42.9 Å². The number of amides is 2. The Morgan fingerprint density at radius 2 is 2.00 bits per heavy atom. The molecule has 2 rings (SSSR count). The maximum absolute atomic E-state index is 12.0. The van der Waals surface area contributed by atoms with Gasteiger partial charge in [-0.1, -0.05) is 12.1 Å². The molecule has 1 heterocycles. The quantitative estimate of drug-likeness (QED) is 0.818. The van der Waals surface area contributed by atoms with Gasteiger partial charge in [0.15, 0.2) is 0 Å².